The lowest BCUT2D eigenvalue weighted by atomic mass is 10.2. The van der Waals surface area contributed by atoms with E-state index in [1.165, 1.54) is 0 Å². The average molecular weight is 437 g/mol. The highest BCUT2D eigenvalue weighted by Gasteiger charge is 2.25. The van der Waals surface area contributed by atoms with E-state index in [1.807, 2.05) is 37.3 Å². The average Bonchev–Trinajstić information content (AvgIpc) is 2.64. The molecule has 0 unspecified atom stereocenters. The van der Waals surface area contributed by atoms with Crippen LogP contribution in [0.1, 0.15) is 15.9 Å². The van der Waals surface area contributed by atoms with E-state index >= 15 is 0 Å². The lowest BCUT2D eigenvalue weighted by Crippen LogP contribution is -2.51. The number of piperazine rings is 1. The van der Waals surface area contributed by atoms with Crippen LogP contribution in [0.4, 0.5) is 10.5 Å². The number of benzene rings is 2. The number of nitrogens with one attached hydrogen (secondary N) is 1. The summed E-state index contributed by atoms with van der Waals surface area (Å²) in [5.74, 6) is -0.0170. The maximum Gasteiger partial charge on any atom is 0.321 e. The highest BCUT2D eigenvalue weighted by atomic mass is 79.9. The summed E-state index contributed by atoms with van der Waals surface area (Å²) in [7, 11) is 0. The topological polar surface area (TPSA) is 52.7 Å². The molecule has 0 aliphatic carbocycles. The molecule has 0 bridgehead atoms. The molecular formula is C19H19BrClN3O2. The Labute approximate surface area is 166 Å². The lowest BCUT2D eigenvalue weighted by molar-refractivity contribution is 0.0671. The molecule has 1 aliphatic heterocycles. The second-order valence-electron chi connectivity index (χ2n) is 6.18. The first kappa shape index (κ1) is 18.7. The maximum atomic E-state index is 12.6. The molecule has 3 rings (SSSR count). The van der Waals surface area contributed by atoms with Gasteiger partial charge in [0, 0.05) is 46.9 Å². The van der Waals surface area contributed by atoms with E-state index in [-0.39, 0.29) is 11.9 Å². The van der Waals surface area contributed by atoms with Crippen LogP contribution in [0.25, 0.3) is 0 Å². The molecule has 1 N–H and O–H groups in total. The van der Waals surface area contributed by atoms with Crippen LogP contribution >= 0.6 is 27.5 Å². The Morgan fingerprint density at radius 2 is 1.73 bits per heavy atom. The quantitative estimate of drug-likeness (QED) is 0.758. The van der Waals surface area contributed by atoms with E-state index in [4.69, 9.17) is 11.6 Å². The molecule has 1 heterocycles. The maximum absolute atomic E-state index is 12.6. The van der Waals surface area contributed by atoms with Crippen molar-refractivity contribution in [2.45, 2.75) is 6.92 Å². The summed E-state index contributed by atoms with van der Waals surface area (Å²) < 4.78 is 0.873. The molecule has 1 fully saturated rings. The summed E-state index contributed by atoms with van der Waals surface area (Å²) in [6, 6.07) is 12.6. The van der Waals surface area contributed by atoms with Crippen molar-refractivity contribution < 1.29 is 9.59 Å². The number of anilines is 1. The summed E-state index contributed by atoms with van der Waals surface area (Å²) in [6.45, 7) is 3.91. The number of hydrogen-bond acceptors (Lipinski definition) is 2. The second kappa shape index (κ2) is 8.10. The molecule has 0 radical (unpaired) electrons. The van der Waals surface area contributed by atoms with Gasteiger partial charge in [-0.15, -0.1) is 0 Å². The number of carbonyl (C=O) groups excluding carboxylic acids is 2. The standard InChI is InChI=1S/C19H19BrClN3O2/c1-13-5-6-16(12-17(13)21)22-19(26)24-9-7-23(8-10-24)18(25)14-3-2-4-15(20)11-14/h2-6,11-12H,7-10H2,1H3,(H,22,26). The number of carbonyl (C=O) groups is 2. The smallest absolute Gasteiger partial charge is 0.321 e. The van der Waals surface area contributed by atoms with Gasteiger partial charge in [0.25, 0.3) is 5.91 Å². The van der Waals surface area contributed by atoms with E-state index in [0.29, 0.717) is 42.5 Å². The third-order valence-corrected chi connectivity index (χ3v) is 5.25. The Kier molecular flexibility index (Phi) is 5.84. The van der Waals surface area contributed by atoms with Crippen molar-refractivity contribution in [3.8, 4) is 0 Å². The van der Waals surface area contributed by atoms with Gasteiger partial charge in [-0.1, -0.05) is 39.7 Å². The fraction of sp³-hybridized carbons (Fsp3) is 0.263. The minimum absolute atomic E-state index is 0.0170. The van der Waals surface area contributed by atoms with E-state index in [0.717, 1.165) is 10.0 Å². The molecule has 0 aromatic heterocycles. The molecule has 7 heteroatoms. The minimum atomic E-state index is -0.181. The third-order valence-electron chi connectivity index (χ3n) is 4.35. The van der Waals surface area contributed by atoms with Gasteiger partial charge in [0.2, 0.25) is 0 Å². The highest BCUT2D eigenvalue weighted by Crippen LogP contribution is 2.20. The first-order valence-electron chi connectivity index (χ1n) is 8.31. The molecule has 26 heavy (non-hydrogen) atoms. The summed E-state index contributed by atoms with van der Waals surface area (Å²) in [5.41, 5.74) is 2.27. The van der Waals surface area contributed by atoms with Crippen molar-refractivity contribution >= 4 is 45.2 Å². The van der Waals surface area contributed by atoms with Gasteiger partial charge in [0.05, 0.1) is 0 Å². The predicted octanol–water partition coefficient (Wildman–Crippen LogP) is 4.40. The third kappa shape index (κ3) is 4.37. The van der Waals surface area contributed by atoms with Crippen LogP contribution in [0.2, 0.25) is 5.02 Å². The number of rotatable bonds is 2. The Morgan fingerprint density at radius 3 is 2.38 bits per heavy atom. The molecule has 136 valence electrons. The van der Waals surface area contributed by atoms with Gasteiger partial charge < -0.3 is 15.1 Å². The van der Waals surface area contributed by atoms with Gasteiger partial charge in [0.15, 0.2) is 0 Å². The second-order valence-corrected chi connectivity index (χ2v) is 7.51. The van der Waals surface area contributed by atoms with Crippen LogP contribution < -0.4 is 5.32 Å². The number of aryl methyl sites for hydroxylation is 1. The van der Waals surface area contributed by atoms with Gasteiger partial charge in [-0.05, 0) is 42.8 Å². The van der Waals surface area contributed by atoms with E-state index in [1.54, 1.807) is 21.9 Å². The van der Waals surface area contributed by atoms with Gasteiger partial charge in [0.1, 0.15) is 0 Å². The fourth-order valence-electron chi connectivity index (χ4n) is 2.79. The Bertz CT molecular complexity index is 835. The van der Waals surface area contributed by atoms with Gasteiger partial charge in [-0.2, -0.15) is 0 Å². The lowest BCUT2D eigenvalue weighted by Gasteiger charge is -2.34. The first-order valence-corrected chi connectivity index (χ1v) is 9.48. The zero-order chi connectivity index (χ0) is 18.7. The number of hydrogen-bond donors (Lipinski definition) is 1. The largest absolute Gasteiger partial charge is 0.335 e. The summed E-state index contributed by atoms with van der Waals surface area (Å²) in [6.07, 6.45) is 0. The van der Waals surface area contributed by atoms with Crippen molar-refractivity contribution in [1.29, 1.82) is 0 Å². The Balaban J connectivity index is 1.56. The fourth-order valence-corrected chi connectivity index (χ4v) is 3.37. The zero-order valence-corrected chi connectivity index (χ0v) is 16.7. The van der Waals surface area contributed by atoms with Crippen LogP contribution in [0.3, 0.4) is 0 Å². The van der Waals surface area contributed by atoms with Crippen LogP contribution in [0.15, 0.2) is 46.9 Å². The summed E-state index contributed by atoms with van der Waals surface area (Å²) >= 11 is 9.48. The van der Waals surface area contributed by atoms with Crippen LogP contribution in [0, 0.1) is 6.92 Å². The zero-order valence-electron chi connectivity index (χ0n) is 14.3. The molecule has 0 atom stereocenters. The van der Waals surface area contributed by atoms with Crippen molar-refractivity contribution in [2.75, 3.05) is 31.5 Å². The van der Waals surface area contributed by atoms with E-state index < -0.39 is 0 Å². The minimum Gasteiger partial charge on any atom is -0.335 e. The number of halogens is 2. The molecule has 3 amide bonds. The highest BCUT2D eigenvalue weighted by molar-refractivity contribution is 9.10. The summed E-state index contributed by atoms with van der Waals surface area (Å²) in [4.78, 5) is 28.5. The van der Waals surface area contributed by atoms with E-state index in [2.05, 4.69) is 21.2 Å². The SMILES string of the molecule is Cc1ccc(NC(=O)N2CCN(C(=O)c3cccc(Br)c3)CC2)cc1Cl. The summed E-state index contributed by atoms with van der Waals surface area (Å²) in [5, 5.41) is 3.47. The van der Waals surface area contributed by atoms with Crippen LogP contribution in [-0.4, -0.2) is 47.9 Å². The van der Waals surface area contributed by atoms with Crippen molar-refractivity contribution in [3.63, 3.8) is 0 Å². The molecule has 1 saturated heterocycles. The van der Waals surface area contributed by atoms with E-state index in [9.17, 15) is 9.59 Å². The molecule has 2 aromatic rings. The van der Waals surface area contributed by atoms with Crippen molar-refractivity contribution in [1.82, 2.24) is 9.80 Å². The van der Waals surface area contributed by atoms with Crippen molar-refractivity contribution in [3.05, 3.63) is 63.1 Å². The van der Waals surface area contributed by atoms with Crippen molar-refractivity contribution in [2.24, 2.45) is 0 Å². The first-order chi connectivity index (χ1) is 12.4. The van der Waals surface area contributed by atoms with Gasteiger partial charge in [-0.3, -0.25) is 4.79 Å². The molecule has 2 aromatic carbocycles. The Morgan fingerprint density at radius 1 is 1.04 bits per heavy atom. The monoisotopic (exact) mass is 435 g/mol. The molecule has 5 nitrogen and oxygen atoms in total. The Hall–Kier alpha value is -2.05. The van der Waals surface area contributed by atoms with Gasteiger partial charge >= 0.3 is 6.03 Å². The molecular weight excluding hydrogens is 418 g/mol. The van der Waals surface area contributed by atoms with Crippen LogP contribution in [-0.2, 0) is 0 Å². The molecule has 1 aliphatic rings. The number of nitrogens with zero attached hydrogens (tertiary/aromatic N) is 2. The normalized spacial score (nSPS) is 14.3. The molecule has 0 spiro atoms. The van der Waals surface area contributed by atoms with Crippen LogP contribution in [0.5, 0.6) is 0 Å². The van der Waals surface area contributed by atoms with Gasteiger partial charge in [-0.25, -0.2) is 4.79 Å². The number of urea groups is 1. The predicted molar refractivity (Wildman–Crippen MR) is 107 cm³/mol. The molecule has 0 saturated carbocycles. The number of amides is 3.